The molecule has 0 bridgehead atoms. The van der Waals surface area contributed by atoms with E-state index in [2.05, 4.69) is 10.0 Å². The lowest BCUT2D eigenvalue weighted by Gasteiger charge is -2.12. The quantitative estimate of drug-likeness (QED) is 0.722. The van der Waals surface area contributed by atoms with Crippen molar-refractivity contribution in [1.82, 2.24) is 5.32 Å². The Morgan fingerprint density at radius 3 is 2.68 bits per heavy atom. The molecule has 0 amide bonds. The largest absolute Gasteiger partial charge is 0.495 e. The van der Waals surface area contributed by atoms with Gasteiger partial charge < -0.3 is 10.1 Å². The summed E-state index contributed by atoms with van der Waals surface area (Å²) in [5.41, 5.74) is 0.352. The highest BCUT2D eigenvalue weighted by atomic mass is 35.5. The fraction of sp³-hybridized carbons (Fsp3) is 0.500. The van der Waals surface area contributed by atoms with Gasteiger partial charge in [-0.25, -0.2) is 8.42 Å². The van der Waals surface area contributed by atoms with Crippen LogP contribution in [0.3, 0.4) is 0 Å². The molecule has 2 N–H and O–H groups in total. The van der Waals surface area contributed by atoms with Gasteiger partial charge in [0.2, 0.25) is 10.0 Å². The number of anilines is 1. The van der Waals surface area contributed by atoms with Crippen LogP contribution in [0.1, 0.15) is 13.3 Å². The monoisotopic (exact) mass is 306 g/mol. The third kappa shape index (κ3) is 5.67. The minimum atomic E-state index is -3.42. The maximum Gasteiger partial charge on any atom is 0.234 e. The number of nitrogens with one attached hydrogen (secondary N) is 2. The van der Waals surface area contributed by atoms with E-state index in [1.54, 1.807) is 12.1 Å². The predicted molar refractivity (Wildman–Crippen MR) is 78.6 cm³/mol. The van der Waals surface area contributed by atoms with Crippen LogP contribution in [0.2, 0.25) is 5.02 Å². The average molecular weight is 307 g/mol. The van der Waals surface area contributed by atoms with Gasteiger partial charge >= 0.3 is 0 Å². The molecule has 0 aliphatic rings. The Bertz CT molecular complexity index is 506. The van der Waals surface area contributed by atoms with Crippen molar-refractivity contribution in [2.45, 2.75) is 13.3 Å². The molecule has 19 heavy (non-hydrogen) atoms. The smallest absolute Gasteiger partial charge is 0.234 e. The fourth-order valence-electron chi connectivity index (χ4n) is 1.49. The van der Waals surface area contributed by atoms with Crippen LogP contribution in [-0.2, 0) is 10.0 Å². The molecule has 0 heterocycles. The number of ether oxygens (including phenoxy) is 1. The molecule has 0 aromatic heterocycles. The molecule has 1 rings (SSSR count). The van der Waals surface area contributed by atoms with Gasteiger partial charge in [-0.2, -0.15) is 0 Å². The number of rotatable bonds is 8. The van der Waals surface area contributed by atoms with Crippen LogP contribution >= 0.6 is 11.6 Å². The van der Waals surface area contributed by atoms with Crippen LogP contribution in [0.5, 0.6) is 5.75 Å². The van der Waals surface area contributed by atoms with Gasteiger partial charge in [-0.1, -0.05) is 18.5 Å². The summed E-state index contributed by atoms with van der Waals surface area (Å²) in [7, 11) is -1.94. The maximum atomic E-state index is 11.9. The first kappa shape index (κ1) is 16.1. The highest BCUT2D eigenvalue weighted by molar-refractivity contribution is 7.92. The normalized spacial score (nSPS) is 11.3. The fourth-order valence-corrected chi connectivity index (χ4v) is 2.67. The molecule has 108 valence electrons. The van der Waals surface area contributed by atoms with Gasteiger partial charge in [-0.15, -0.1) is 0 Å². The molecule has 5 nitrogen and oxygen atoms in total. The molecule has 0 aliphatic carbocycles. The molecular formula is C12H19ClN2O3S. The SMILES string of the molecule is CCCNCCS(=O)(=O)Nc1cc(Cl)ccc1OC. The van der Waals surface area contributed by atoms with Crippen molar-refractivity contribution in [2.24, 2.45) is 0 Å². The van der Waals surface area contributed by atoms with Crippen molar-refractivity contribution >= 4 is 27.3 Å². The Morgan fingerprint density at radius 2 is 2.05 bits per heavy atom. The maximum absolute atomic E-state index is 11.9. The van der Waals surface area contributed by atoms with Crippen molar-refractivity contribution in [1.29, 1.82) is 0 Å². The van der Waals surface area contributed by atoms with Crippen LogP contribution < -0.4 is 14.8 Å². The van der Waals surface area contributed by atoms with E-state index in [4.69, 9.17) is 16.3 Å². The van der Waals surface area contributed by atoms with Crippen LogP contribution in [-0.4, -0.2) is 34.4 Å². The van der Waals surface area contributed by atoms with E-state index >= 15 is 0 Å². The Hall–Kier alpha value is -0.980. The van der Waals surface area contributed by atoms with Gasteiger partial charge in [-0.05, 0) is 31.2 Å². The third-order valence-corrected chi connectivity index (χ3v) is 3.91. The molecule has 0 saturated carbocycles. The van der Waals surface area contributed by atoms with Gasteiger partial charge in [0.05, 0.1) is 18.6 Å². The topological polar surface area (TPSA) is 67.4 Å². The zero-order valence-corrected chi connectivity index (χ0v) is 12.6. The number of hydrogen-bond acceptors (Lipinski definition) is 4. The lowest BCUT2D eigenvalue weighted by Crippen LogP contribution is -2.27. The summed E-state index contributed by atoms with van der Waals surface area (Å²) in [6.07, 6.45) is 0.968. The molecule has 0 aliphatic heterocycles. The zero-order chi connectivity index (χ0) is 14.3. The average Bonchev–Trinajstić information content (AvgIpc) is 2.34. The third-order valence-electron chi connectivity index (χ3n) is 2.40. The highest BCUT2D eigenvalue weighted by Crippen LogP contribution is 2.28. The van der Waals surface area contributed by atoms with Crippen molar-refractivity contribution in [3.05, 3.63) is 23.2 Å². The van der Waals surface area contributed by atoms with E-state index in [-0.39, 0.29) is 5.75 Å². The van der Waals surface area contributed by atoms with E-state index in [0.717, 1.165) is 13.0 Å². The highest BCUT2D eigenvalue weighted by Gasteiger charge is 2.13. The molecular weight excluding hydrogens is 288 g/mol. The lowest BCUT2D eigenvalue weighted by molar-refractivity contribution is 0.417. The van der Waals surface area contributed by atoms with E-state index in [9.17, 15) is 8.42 Å². The second kappa shape index (κ2) is 7.57. The molecule has 1 aromatic rings. The summed E-state index contributed by atoms with van der Waals surface area (Å²) in [6.45, 7) is 3.23. The van der Waals surface area contributed by atoms with Crippen LogP contribution in [0.25, 0.3) is 0 Å². The number of halogens is 1. The summed E-state index contributed by atoms with van der Waals surface area (Å²) >= 11 is 5.85. The number of hydrogen-bond donors (Lipinski definition) is 2. The Kier molecular flexibility index (Phi) is 6.41. The molecule has 0 atom stereocenters. The van der Waals surface area contributed by atoms with Gasteiger partial charge in [0, 0.05) is 11.6 Å². The first-order valence-electron chi connectivity index (χ1n) is 6.03. The second-order valence-corrected chi connectivity index (χ2v) is 6.29. The Balaban J connectivity index is 2.69. The molecule has 0 spiro atoms. The summed E-state index contributed by atoms with van der Waals surface area (Å²) < 4.78 is 31.4. The van der Waals surface area contributed by atoms with Crippen molar-refractivity contribution in [2.75, 3.05) is 30.7 Å². The van der Waals surface area contributed by atoms with E-state index < -0.39 is 10.0 Å². The molecule has 0 radical (unpaired) electrons. The van der Waals surface area contributed by atoms with Crippen molar-refractivity contribution in [3.8, 4) is 5.75 Å². The van der Waals surface area contributed by atoms with Gasteiger partial charge in [0.15, 0.2) is 0 Å². The summed E-state index contributed by atoms with van der Waals surface area (Å²) in [6, 6.07) is 4.79. The standard InChI is InChI=1S/C12H19ClN2O3S/c1-3-6-14-7-8-19(16,17)15-11-9-10(13)4-5-12(11)18-2/h4-5,9,14-15H,3,6-8H2,1-2H3. The first-order valence-corrected chi connectivity index (χ1v) is 8.06. The number of benzene rings is 1. The van der Waals surface area contributed by atoms with Crippen molar-refractivity contribution < 1.29 is 13.2 Å². The van der Waals surface area contributed by atoms with E-state index in [1.165, 1.54) is 13.2 Å². The predicted octanol–water partition coefficient (Wildman–Crippen LogP) is 2.09. The van der Waals surface area contributed by atoms with Gasteiger partial charge in [0.1, 0.15) is 5.75 Å². The summed E-state index contributed by atoms with van der Waals surface area (Å²) in [5, 5.41) is 3.49. The number of sulfonamides is 1. The van der Waals surface area contributed by atoms with Crippen molar-refractivity contribution in [3.63, 3.8) is 0 Å². The number of methoxy groups -OCH3 is 1. The van der Waals surface area contributed by atoms with E-state index in [0.29, 0.717) is 23.0 Å². The minimum Gasteiger partial charge on any atom is -0.495 e. The Labute approximate surface area is 119 Å². The zero-order valence-electron chi connectivity index (χ0n) is 11.1. The van der Waals surface area contributed by atoms with Crippen LogP contribution in [0.15, 0.2) is 18.2 Å². The molecule has 1 aromatic carbocycles. The summed E-state index contributed by atoms with van der Waals surface area (Å²) in [5.74, 6) is 0.442. The van der Waals surface area contributed by atoms with E-state index in [1.807, 2.05) is 6.92 Å². The Morgan fingerprint density at radius 1 is 1.32 bits per heavy atom. The molecule has 0 saturated heterocycles. The van der Waals surface area contributed by atoms with Gasteiger partial charge in [0.25, 0.3) is 0 Å². The minimum absolute atomic E-state index is 0.00265. The molecule has 0 unspecified atom stereocenters. The van der Waals surface area contributed by atoms with Gasteiger partial charge in [-0.3, -0.25) is 4.72 Å². The molecule has 0 fully saturated rings. The summed E-state index contributed by atoms with van der Waals surface area (Å²) in [4.78, 5) is 0. The molecule has 7 heteroatoms. The first-order chi connectivity index (χ1) is 8.98. The lowest BCUT2D eigenvalue weighted by atomic mass is 10.3. The second-order valence-electron chi connectivity index (χ2n) is 4.02. The van der Waals surface area contributed by atoms with Crippen LogP contribution in [0, 0.1) is 0 Å². The van der Waals surface area contributed by atoms with Crippen LogP contribution in [0.4, 0.5) is 5.69 Å².